The molecule has 0 saturated heterocycles. The minimum Gasteiger partial charge on any atom is -0.475 e. The summed E-state index contributed by atoms with van der Waals surface area (Å²) in [6, 6.07) is 7.11. The summed E-state index contributed by atoms with van der Waals surface area (Å²) in [7, 11) is 0. The average molecular weight is 260 g/mol. The van der Waals surface area contributed by atoms with Crippen molar-refractivity contribution in [3.8, 4) is 11.3 Å². The lowest BCUT2D eigenvalue weighted by atomic mass is 10.1. The maximum atomic E-state index is 10.7. The van der Waals surface area contributed by atoms with Gasteiger partial charge in [0.25, 0.3) is 0 Å². The molecular formula is C12H8N2O3S. The summed E-state index contributed by atoms with van der Waals surface area (Å²) in [5.74, 6) is -1.29. The van der Waals surface area contributed by atoms with Crippen molar-refractivity contribution in [2.45, 2.75) is 6.92 Å². The molecule has 0 atom stereocenters. The summed E-state index contributed by atoms with van der Waals surface area (Å²) in [5.41, 5.74) is 2.18. The number of carboxylic acid groups (broad SMARTS) is 1. The minimum absolute atomic E-state index is 0.167. The van der Waals surface area contributed by atoms with Crippen LogP contribution >= 0.6 is 11.3 Å². The zero-order valence-electron chi connectivity index (χ0n) is 9.38. The van der Waals surface area contributed by atoms with E-state index in [2.05, 4.69) is 10.1 Å². The second-order valence-electron chi connectivity index (χ2n) is 3.80. The number of thiazole rings is 1. The third-order valence-electron chi connectivity index (χ3n) is 2.51. The Bertz CT molecular complexity index is 745. The third-order valence-corrected chi connectivity index (χ3v) is 3.46. The molecule has 0 radical (unpaired) electrons. The fourth-order valence-corrected chi connectivity index (χ4v) is 2.52. The Balaban J connectivity index is 2.09. The van der Waals surface area contributed by atoms with E-state index in [9.17, 15) is 4.79 Å². The SMILES string of the molecule is Cc1nc2cc(-c3cc(C(=O)O)on3)ccc2s1. The fraction of sp³-hybridized carbons (Fsp3) is 0.0833. The molecule has 0 saturated carbocycles. The van der Waals surface area contributed by atoms with E-state index in [1.165, 1.54) is 6.07 Å². The van der Waals surface area contributed by atoms with E-state index >= 15 is 0 Å². The highest BCUT2D eigenvalue weighted by molar-refractivity contribution is 7.18. The van der Waals surface area contributed by atoms with Crippen LogP contribution in [0.5, 0.6) is 0 Å². The van der Waals surface area contributed by atoms with E-state index in [-0.39, 0.29) is 5.76 Å². The number of hydrogen-bond donors (Lipinski definition) is 1. The van der Waals surface area contributed by atoms with Gasteiger partial charge in [-0.15, -0.1) is 11.3 Å². The molecule has 2 heterocycles. The third kappa shape index (κ3) is 1.76. The van der Waals surface area contributed by atoms with Gasteiger partial charge in [0.15, 0.2) is 0 Å². The summed E-state index contributed by atoms with van der Waals surface area (Å²) >= 11 is 1.62. The van der Waals surface area contributed by atoms with Crippen LogP contribution in [0.4, 0.5) is 0 Å². The Morgan fingerprint density at radius 1 is 1.39 bits per heavy atom. The maximum absolute atomic E-state index is 10.7. The molecule has 2 aromatic heterocycles. The molecule has 0 aliphatic rings. The van der Waals surface area contributed by atoms with Gasteiger partial charge in [-0.25, -0.2) is 9.78 Å². The number of hydrogen-bond acceptors (Lipinski definition) is 5. The standard InChI is InChI=1S/C12H8N2O3S/c1-6-13-9-4-7(2-3-11(9)18-6)8-5-10(12(15)16)17-14-8/h2-5H,1H3,(H,15,16). The lowest BCUT2D eigenvalue weighted by Crippen LogP contribution is -1.91. The second kappa shape index (κ2) is 3.92. The van der Waals surface area contributed by atoms with Crippen LogP contribution in [0.3, 0.4) is 0 Å². The van der Waals surface area contributed by atoms with Crippen LogP contribution in [0.15, 0.2) is 28.8 Å². The molecule has 1 N–H and O–H groups in total. The molecular weight excluding hydrogens is 252 g/mol. The highest BCUT2D eigenvalue weighted by atomic mass is 32.1. The number of rotatable bonds is 2. The van der Waals surface area contributed by atoms with Crippen molar-refractivity contribution < 1.29 is 14.4 Å². The van der Waals surface area contributed by atoms with Crippen LogP contribution < -0.4 is 0 Å². The van der Waals surface area contributed by atoms with Gasteiger partial charge in [-0.05, 0) is 19.1 Å². The number of aromatic nitrogens is 2. The molecule has 5 nitrogen and oxygen atoms in total. The summed E-state index contributed by atoms with van der Waals surface area (Å²) in [5, 5.41) is 13.5. The van der Waals surface area contributed by atoms with Gasteiger partial charge in [-0.3, -0.25) is 0 Å². The van der Waals surface area contributed by atoms with Gasteiger partial charge in [0.05, 0.1) is 15.2 Å². The minimum atomic E-state index is -1.13. The number of carbonyl (C=O) groups is 1. The van der Waals surface area contributed by atoms with Crippen molar-refractivity contribution in [2.24, 2.45) is 0 Å². The molecule has 0 spiro atoms. The summed E-state index contributed by atoms with van der Waals surface area (Å²) in [4.78, 5) is 15.1. The molecule has 0 fully saturated rings. The number of fused-ring (bicyclic) bond motifs is 1. The summed E-state index contributed by atoms with van der Waals surface area (Å²) in [6.07, 6.45) is 0. The second-order valence-corrected chi connectivity index (χ2v) is 5.03. The smallest absolute Gasteiger partial charge is 0.374 e. The molecule has 0 bridgehead atoms. The molecule has 3 aromatic rings. The van der Waals surface area contributed by atoms with Crippen molar-refractivity contribution in [3.05, 3.63) is 35.0 Å². The Morgan fingerprint density at radius 2 is 2.22 bits per heavy atom. The first-order chi connectivity index (χ1) is 8.63. The average Bonchev–Trinajstić information content (AvgIpc) is 2.91. The largest absolute Gasteiger partial charge is 0.475 e. The molecule has 1 aromatic carbocycles. The van der Waals surface area contributed by atoms with Gasteiger partial charge in [0, 0.05) is 11.6 Å². The number of aromatic carboxylic acids is 1. The molecule has 6 heteroatoms. The monoisotopic (exact) mass is 260 g/mol. The highest BCUT2D eigenvalue weighted by Gasteiger charge is 2.13. The molecule has 3 rings (SSSR count). The van der Waals surface area contributed by atoms with Crippen LogP contribution in [0.25, 0.3) is 21.5 Å². The fourth-order valence-electron chi connectivity index (χ4n) is 1.71. The summed E-state index contributed by atoms with van der Waals surface area (Å²) in [6.45, 7) is 1.95. The molecule has 0 aliphatic heterocycles. The molecule has 0 aliphatic carbocycles. The van der Waals surface area contributed by atoms with Crippen LogP contribution in [-0.2, 0) is 0 Å². The maximum Gasteiger partial charge on any atom is 0.374 e. The van der Waals surface area contributed by atoms with E-state index in [0.717, 1.165) is 20.8 Å². The zero-order valence-corrected chi connectivity index (χ0v) is 10.2. The lowest BCUT2D eigenvalue weighted by Gasteiger charge is -1.94. The van der Waals surface area contributed by atoms with Crippen molar-refractivity contribution in [1.29, 1.82) is 0 Å². The van der Waals surface area contributed by atoms with Crippen LogP contribution in [0.2, 0.25) is 0 Å². The quantitative estimate of drug-likeness (QED) is 0.766. The zero-order chi connectivity index (χ0) is 12.7. The number of benzene rings is 1. The predicted molar refractivity (Wildman–Crippen MR) is 66.8 cm³/mol. The highest BCUT2D eigenvalue weighted by Crippen LogP contribution is 2.27. The van der Waals surface area contributed by atoms with E-state index in [1.807, 2.05) is 25.1 Å². The Hall–Kier alpha value is -2.21. The first-order valence-corrected chi connectivity index (χ1v) is 6.03. The first-order valence-electron chi connectivity index (χ1n) is 5.21. The Labute approximate surface area is 106 Å². The van der Waals surface area contributed by atoms with Crippen LogP contribution in [-0.4, -0.2) is 21.2 Å². The molecule has 18 heavy (non-hydrogen) atoms. The topological polar surface area (TPSA) is 76.2 Å². The normalized spacial score (nSPS) is 10.9. The van der Waals surface area contributed by atoms with E-state index in [4.69, 9.17) is 9.63 Å². The van der Waals surface area contributed by atoms with E-state index in [1.54, 1.807) is 11.3 Å². The van der Waals surface area contributed by atoms with Crippen LogP contribution in [0, 0.1) is 6.92 Å². The lowest BCUT2D eigenvalue weighted by molar-refractivity contribution is 0.0652. The van der Waals surface area contributed by atoms with Crippen molar-refractivity contribution in [3.63, 3.8) is 0 Å². The number of carboxylic acids is 1. The molecule has 0 unspecified atom stereocenters. The first kappa shape index (κ1) is 10.9. The van der Waals surface area contributed by atoms with Gasteiger partial charge in [-0.1, -0.05) is 11.2 Å². The molecule has 0 amide bonds. The van der Waals surface area contributed by atoms with E-state index < -0.39 is 5.97 Å². The van der Waals surface area contributed by atoms with Crippen LogP contribution in [0.1, 0.15) is 15.6 Å². The predicted octanol–water partition coefficient (Wildman–Crippen LogP) is 2.96. The van der Waals surface area contributed by atoms with E-state index in [0.29, 0.717) is 5.69 Å². The Kier molecular flexibility index (Phi) is 2.38. The number of aryl methyl sites for hydroxylation is 1. The van der Waals surface area contributed by atoms with Gasteiger partial charge < -0.3 is 9.63 Å². The van der Waals surface area contributed by atoms with Gasteiger partial charge >= 0.3 is 5.97 Å². The number of nitrogens with zero attached hydrogens (tertiary/aromatic N) is 2. The van der Waals surface area contributed by atoms with Crippen molar-refractivity contribution in [2.75, 3.05) is 0 Å². The van der Waals surface area contributed by atoms with Crippen molar-refractivity contribution >= 4 is 27.5 Å². The van der Waals surface area contributed by atoms with Crippen molar-refractivity contribution in [1.82, 2.24) is 10.1 Å². The van der Waals surface area contributed by atoms with Gasteiger partial charge in [0.2, 0.25) is 5.76 Å². The summed E-state index contributed by atoms with van der Waals surface area (Å²) < 4.78 is 5.83. The van der Waals surface area contributed by atoms with Gasteiger partial charge in [-0.2, -0.15) is 0 Å². The Morgan fingerprint density at radius 3 is 2.94 bits per heavy atom. The molecule has 90 valence electrons. The van der Waals surface area contributed by atoms with Gasteiger partial charge in [0.1, 0.15) is 5.69 Å².